The molecule has 0 unspecified atom stereocenters. The Labute approximate surface area is 91.9 Å². The molecule has 0 N–H and O–H groups in total. The van der Waals surface area contributed by atoms with Gasteiger partial charge in [-0.25, -0.2) is 4.79 Å². The van der Waals surface area contributed by atoms with Crippen LogP contribution in [0.2, 0.25) is 0 Å². The van der Waals surface area contributed by atoms with E-state index in [0.717, 1.165) is 19.3 Å². The van der Waals surface area contributed by atoms with Crippen LogP contribution in [0, 0.1) is 0 Å². The van der Waals surface area contributed by atoms with Gasteiger partial charge in [0.1, 0.15) is 6.61 Å². The number of hydrogen-bond donors (Lipinski definition) is 0. The van der Waals surface area contributed by atoms with Crippen LogP contribution >= 0.6 is 0 Å². The molecule has 0 aliphatic carbocycles. The van der Waals surface area contributed by atoms with Gasteiger partial charge in [-0.1, -0.05) is 0 Å². The predicted molar refractivity (Wildman–Crippen MR) is 51.7 cm³/mol. The van der Waals surface area contributed by atoms with E-state index in [9.17, 15) is 18.4 Å². The average molecular weight is 233 g/mol. The second-order valence-corrected chi connectivity index (χ2v) is 3.45. The largest absolute Gasteiger partial charge is 0.454 e. The van der Waals surface area contributed by atoms with E-state index in [1.807, 2.05) is 0 Å². The Bertz CT molecular complexity index is 294. The molecule has 1 heterocycles. The molecule has 90 valence electrons. The van der Waals surface area contributed by atoms with Crippen LogP contribution < -0.4 is 0 Å². The maximum Gasteiger partial charge on any atom is 0.397 e. The van der Waals surface area contributed by atoms with E-state index in [4.69, 9.17) is 0 Å². The minimum Gasteiger partial charge on any atom is -0.454 e. The van der Waals surface area contributed by atoms with Gasteiger partial charge in [0.25, 0.3) is 6.08 Å². The van der Waals surface area contributed by atoms with Crippen molar-refractivity contribution in [2.45, 2.75) is 19.3 Å². The number of ether oxygens (including phenoxy) is 1. The highest BCUT2D eigenvalue weighted by molar-refractivity contribution is 6.32. The summed E-state index contributed by atoms with van der Waals surface area (Å²) in [5, 5.41) is 0. The fraction of sp³-hybridized carbons (Fsp3) is 0.600. The highest BCUT2D eigenvalue weighted by Gasteiger charge is 2.24. The summed E-state index contributed by atoms with van der Waals surface area (Å²) in [6.07, 6.45) is 1.27. The number of halogens is 2. The first kappa shape index (κ1) is 12.6. The molecule has 1 rings (SSSR count). The van der Waals surface area contributed by atoms with Crippen molar-refractivity contribution < 1.29 is 23.1 Å². The number of nitrogens with zero attached hydrogens (tertiary/aromatic N) is 1. The molecule has 0 bridgehead atoms. The van der Waals surface area contributed by atoms with Crippen molar-refractivity contribution in [2.75, 3.05) is 19.7 Å². The van der Waals surface area contributed by atoms with Gasteiger partial charge in [0.05, 0.1) is 0 Å². The topological polar surface area (TPSA) is 46.6 Å². The van der Waals surface area contributed by atoms with E-state index in [1.165, 1.54) is 4.90 Å². The molecule has 0 saturated carbocycles. The summed E-state index contributed by atoms with van der Waals surface area (Å²) in [7, 11) is 0. The van der Waals surface area contributed by atoms with E-state index in [-0.39, 0.29) is 0 Å². The fourth-order valence-electron chi connectivity index (χ4n) is 1.47. The van der Waals surface area contributed by atoms with Crippen LogP contribution in [-0.4, -0.2) is 36.5 Å². The molecular formula is C10H13F2NO3. The Morgan fingerprint density at radius 1 is 1.19 bits per heavy atom. The number of likely N-dealkylation sites (tertiary alicyclic amines) is 1. The lowest BCUT2D eigenvalue weighted by atomic mass is 10.1. The number of carbonyl (C=O) groups excluding carboxylic acids is 2. The van der Waals surface area contributed by atoms with Gasteiger partial charge in [0.2, 0.25) is 0 Å². The third-order valence-corrected chi connectivity index (χ3v) is 2.27. The van der Waals surface area contributed by atoms with Gasteiger partial charge in [0, 0.05) is 19.2 Å². The van der Waals surface area contributed by atoms with Crippen LogP contribution in [0.1, 0.15) is 19.3 Å². The van der Waals surface area contributed by atoms with Crippen molar-refractivity contribution in [1.82, 2.24) is 4.90 Å². The average Bonchev–Trinajstić information content (AvgIpc) is 2.28. The maximum absolute atomic E-state index is 11.6. The second kappa shape index (κ2) is 6.19. The molecule has 6 heteroatoms. The lowest BCUT2D eigenvalue weighted by Crippen LogP contribution is -2.40. The molecule has 1 fully saturated rings. The first-order valence-corrected chi connectivity index (χ1v) is 5.08. The van der Waals surface area contributed by atoms with Crippen LogP contribution in [-0.2, 0) is 14.3 Å². The van der Waals surface area contributed by atoms with E-state index < -0.39 is 24.6 Å². The molecule has 1 aliphatic rings. The molecule has 1 aliphatic heterocycles. The summed E-state index contributed by atoms with van der Waals surface area (Å²) in [4.78, 5) is 23.9. The monoisotopic (exact) mass is 233 g/mol. The van der Waals surface area contributed by atoms with Gasteiger partial charge in [-0.15, -0.1) is 0 Å². The van der Waals surface area contributed by atoms with Gasteiger partial charge < -0.3 is 9.64 Å². The van der Waals surface area contributed by atoms with Crippen LogP contribution in [0.25, 0.3) is 0 Å². The van der Waals surface area contributed by atoms with Crippen molar-refractivity contribution in [1.29, 1.82) is 0 Å². The number of hydrogen-bond acceptors (Lipinski definition) is 3. The first-order chi connectivity index (χ1) is 7.61. The van der Waals surface area contributed by atoms with Crippen molar-refractivity contribution >= 4 is 11.9 Å². The normalized spacial score (nSPS) is 15.5. The predicted octanol–water partition coefficient (Wildman–Crippen LogP) is 1.32. The van der Waals surface area contributed by atoms with Gasteiger partial charge >= 0.3 is 11.9 Å². The molecule has 0 atom stereocenters. The third kappa shape index (κ3) is 3.96. The quantitative estimate of drug-likeness (QED) is 0.534. The minimum atomic E-state index is -1.93. The van der Waals surface area contributed by atoms with E-state index in [0.29, 0.717) is 19.2 Å². The highest BCUT2D eigenvalue weighted by atomic mass is 19.3. The van der Waals surface area contributed by atoms with E-state index in [1.54, 1.807) is 0 Å². The fourth-order valence-corrected chi connectivity index (χ4v) is 1.47. The Balaban J connectivity index is 2.35. The number of carbonyl (C=O) groups is 2. The zero-order valence-electron chi connectivity index (χ0n) is 8.75. The molecule has 0 spiro atoms. The number of esters is 1. The SMILES string of the molecule is O=C(OCC=C(F)F)C(=O)N1CCCCC1. The van der Waals surface area contributed by atoms with Gasteiger partial charge in [-0.05, 0) is 19.3 Å². The number of amides is 1. The molecular weight excluding hydrogens is 220 g/mol. The highest BCUT2D eigenvalue weighted by Crippen LogP contribution is 2.09. The first-order valence-electron chi connectivity index (χ1n) is 5.08. The Hall–Kier alpha value is -1.46. The van der Waals surface area contributed by atoms with Gasteiger partial charge in [-0.2, -0.15) is 8.78 Å². The minimum absolute atomic E-state index is 0.446. The standard InChI is InChI=1S/C10H13F2NO3/c11-8(12)4-7-16-10(15)9(14)13-5-2-1-3-6-13/h4H,1-3,5-7H2. The zero-order chi connectivity index (χ0) is 12.0. The van der Waals surface area contributed by atoms with E-state index >= 15 is 0 Å². The maximum atomic E-state index is 11.6. The summed E-state index contributed by atoms with van der Waals surface area (Å²) >= 11 is 0. The second-order valence-electron chi connectivity index (χ2n) is 3.45. The molecule has 1 saturated heterocycles. The van der Waals surface area contributed by atoms with Crippen LogP contribution in [0.15, 0.2) is 12.2 Å². The zero-order valence-corrected chi connectivity index (χ0v) is 8.75. The van der Waals surface area contributed by atoms with Crippen molar-refractivity contribution in [2.24, 2.45) is 0 Å². The van der Waals surface area contributed by atoms with Gasteiger partial charge in [0.15, 0.2) is 0 Å². The Morgan fingerprint density at radius 3 is 2.38 bits per heavy atom. The lowest BCUT2D eigenvalue weighted by molar-refractivity contribution is -0.159. The third-order valence-electron chi connectivity index (χ3n) is 2.27. The Morgan fingerprint density at radius 2 is 1.81 bits per heavy atom. The number of rotatable bonds is 2. The Kier molecular flexibility index (Phi) is 4.88. The van der Waals surface area contributed by atoms with Crippen molar-refractivity contribution in [3.8, 4) is 0 Å². The van der Waals surface area contributed by atoms with Crippen molar-refractivity contribution in [3.05, 3.63) is 12.2 Å². The lowest BCUT2D eigenvalue weighted by Gasteiger charge is -2.25. The summed E-state index contributed by atoms with van der Waals surface area (Å²) < 4.78 is 27.6. The molecule has 16 heavy (non-hydrogen) atoms. The molecule has 0 aromatic carbocycles. The summed E-state index contributed by atoms with van der Waals surface area (Å²) in [5.74, 6) is -1.81. The molecule has 0 aromatic rings. The van der Waals surface area contributed by atoms with Gasteiger partial charge in [-0.3, -0.25) is 4.79 Å². The van der Waals surface area contributed by atoms with Crippen molar-refractivity contribution in [3.63, 3.8) is 0 Å². The molecule has 0 radical (unpaired) electrons. The van der Waals surface area contributed by atoms with E-state index in [2.05, 4.69) is 4.74 Å². The summed E-state index contributed by atoms with van der Waals surface area (Å²) in [6, 6.07) is 0. The molecule has 1 amide bonds. The summed E-state index contributed by atoms with van der Waals surface area (Å²) in [6.45, 7) is 0.489. The van der Waals surface area contributed by atoms with Crippen LogP contribution in [0.4, 0.5) is 8.78 Å². The molecule has 4 nitrogen and oxygen atoms in total. The molecule has 0 aromatic heterocycles. The van der Waals surface area contributed by atoms with Crippen LogP contribution in [0.3, 0.4) is 0 Å². The summed E-state index contributed by atoms with van der Waals surface area (Å²) in [5.41, 5.74) is 0. The number of piperidine rings is 1. The van der Waals surface area contributed by atoms with Crippen LogP contribution in [0.5, 0.6) is 0 Å². The smallest absolute Gasteiger partial charge is 0.397 e.